The maximum absolute atomic E-state index is 13.6. The number of piperazine rings is 1. The number of carbonyl (C=O) groups is 2. The molecule has 0 aliphatic carbocycles. The van der Waals surface area contributed by atoms with E-state index in [1.165, 1.54) is 6.07 Å². The molecule has 6 nitrogen and oxygen atoms in total. The average molecular weight is 598 g/mol. The van der Waals surface area contributed by atoms with Gasteiger partial charge in [-0.05, 0) is 66.6 Å². The fraction of sp³-hybridized carbons (Fsp3) is 0.200. The number of hydrogen-bond donors (Lipinski definition) is 0. The molecule has 0 bridgehead atoms. The van der Waals surface area contributed by atoms with E-state index in [1.54, 1.807) is 46.2 Å². The quantitative estimate of drug-likeness (QED) is 0.234. The number of nitrogens with zero attached hydrogens (tertiary/aromatic N) is 3. The predicted molar refractivity (Wildman–Crippen MR) is 163 cm³/mol. The van der Waals surface area contributed by atoms with Crippen LogP contribution in [0.15, 0.2) is 103 Å². The summed E-state index contributed by atoms with van der Waals surface area (Å²) in [6.07, 6.45) is -2.73. The Morgan fingerprint density at radius 2 is 1.59 bits per heavy atom. The van der Waals surface area contributed by atoms with Crippen LogP contribution in [0, 0.1) is 6.92 Å². The van der Waals surface area contributed by atoms with Crippen molar-refractivity contribution in [2.45, 2.75) is 19.6 Å². The zero-order valence-electron chi connectivity index (χ0n) is 24.1. The third kappa shape index (κ3) is 6.17. The first-order valence-corrected chi connectivity index (χ1v) is 14.3. The van der Waals surface area contributed by atoms with Gasteiger partial charge in [-0.1, -0.05) is 60.2 Å². The first-order valence-electron chi connectivity index (χ1n) is 14.3. The summed E-state index contributed by atoms with van der Waals surface area (Å²) in [6.45, 7) is 4.04. The minimum atomic E-state index is -4.41. The summed E-state index contributed by atoms with van der Waals surface area (Å²) < 4.78 is 45.4. The van der Waals surface area contributed by atoms with Gasteiger partial charge in [0, 0.05) is 37.4 Å². The van der Waals surface area contributed by atoms with Crippen molar-refractivity contribution in [1.29, 1.82) is 0 Å². The highest BCUT2D eigenvalue weighted by atomic mass is 19.4. The molecule has 1 fully saturated rings. The van der Waals surface area contributed by atoms with Gasteiger partial charge in [-0.2, -0.15) is 13.2 Å². The number of aryl methyl sites for hydroxylation is 1. The minimum absolute atomic E-state index is 0.156. The largest absolute Gasteiger partial charge is 0.449 e. The second kappa shape index (κ2) is 11.9. The van der Waals surface area contributed by atoms with E-state index in [4.69, 9.17) is 4.74 Å². The number of ether oxygens (including phenoxy) is 1. The Kier molecular flexibility index (Phi) is 7.86. The van der Waals surface area contributed by atoms with Gasteiger partial charge in [0.05, 0.1) is 17.8 Å². The van der Waals surface area contributed by atoms with Gasteiger partial charge in [0.1, 0.15) is 0 Å². The van der Waals surface area contributed by atoms with Crippen molar-refractivity contribution in [3.05, 3.63) is 131 Å². The van der Waals surface area contributed by atoms with E-state index in [1.807, 2.05) is 54.3 Å². The number of carbonyl (C=O) groups excluding carboxylic acids is 2. The van der Waals surface area contributed by atoms with Crippen LogP contribution in [0.2, 0.25) is 0 Å². The molecule has 224 valence electrons. The summed E-state index contributed by atoms with van der Waals surface area (Å²) in [5.41, 5.74) is 3.81. The Bertz CT molecular complexity index is 1730. The number of halogens is 3. The van der Waals surface area contributed by atoms with E-state index in [-0.39, 0.29) is 17.6 Å². The molecule has 44 heavy (non-hydrogen) atoms. The molecule has 2 heterocycles. The van der Waals surface area contributed by atoms with Gasteiger partial charge in [-0.15, -0.1) is 0 Å². The standard InChI is InChI=1S/C35H30F3N3O3/c1-24-6-4-7-26(20-24)23-41-30-10-2-3-11-31(30)44-32(34(41)43)21-25-12-14-27(15-13-25)33(42)40-18-16-39(17-19-40)29-9-5-8-28(22-29)35(36,37)38/h2-15,20-22H,16-19,23H2,1H3. The fourth-order valence-electron chi connectivity index (χ4n) is 5.51. The van der Waals surface area contributed by atoms with E-state index in [0.717, 1.165) is 23.3 Å². The van der Waals surface area contributed by atoms with Crippen molar-refractivity contribution in [2.75, 3.05) is 36.0 Å². The van der Waals surface area contributed by atoms with Crippen LogP contribution in [0.5, 0.6) is 5.75 Å². The Balaban J connectivity index is 1.14. The molecule has 6 rings (SSSR count). The molecule has 2 aliphatic rings. The van der Waals surface area contributed by atoms with Crippen molar-refractivity contribution in [1.82, 2.24) is 4.90 Å². The lowest BCUT2D eigenvalue weighted by molar-refractivity contribution is -0.137. The van der Waals surface area contributed by atoms with Crippen LogP contribution >= 0.6 is 0 Å². The molecular formula is C35H30F3N3O3. The number of rotatable bonds is 5. The SMILES string of the molecule is Cc1cccc(CN2C(=O)C(=Cc3ccc(C(=O)N4CCN(c5cccc(C(F)(F)F)c5)CC4)cc3)Oc3ccccc32)c1. The van der Waals surface area contributed by atoms with E-state index >= 15 is 0 Å². The van der Waals surface area contributed by atoms with Crippen LogP contribution in [0.25, 0.3) is 6.08 Å². The first kappa shape index (κ1) is 29.0. The normalized spacial score (nSPS) is 16.1. The molecule has 0 radical (unpaired) electrons. The van der Waals surface area contributed by atoms with Crippen LogP contribution in [0.3, 0.4) is 0 Å². The fourth-order valence-corrected chi connectivity index (χ4v) is 5.51. The van der Waals surface area contributed by atoms with Gasteiger partial charge in [0.25, 0.3) is 11.8 Å². The lowest BCUT2D eigenvalue weighted by Gasteiger charge is -2.36. The highest BCUT2D eigenvalue weighted by Crippen LogP contribution is 2.37. The molecule has 0 saturated carbocycles. The summed E-state index contributed by atoms with van der Waals surface area (Å²) in [4.78, 5) is 32.1. The number of para-hydroxylation sites is 2. The molecule has 0 spiro atoms. The minimum Gasteiger partial charge on any atom is -0.449 e. The van der Waals surface area contributed by atoms with Gasteiger partial charge in [-0.3, -0.25) is 14.5 Å². The molecule has 0 atom stereocenters. The third-order valence-corrected chi connectivity index (χ3v) is 7.82. The van der Waals surface area contributed by atoms with E-state index in [9.17, 15) is 22.8 Å². The Labute approximate surface area is 253 Å². The molecule has 9 heteroatoms. The smallest absolute Gasteiger partial charge is 0.416 e. The predicted octanol–water partition coefficient (Wildman–Crippen LogP) is 6.94. The highest BCUT2D eigenvalue weighted by Gasteiger charge is 2.32. The van der Waals surface area contributed by atoms with Crippen LogP contribution in [0.4, 0.5) is 24.5 Å². The Hall–Kier alpha value is -5.05. The molecule has 1 saturated heterocycles. The summed E-state index contributed by atoms with van der Waals surface area (Å²) >= 11 is 0. The van der Waals surface area contributed by atoms with Crippen molar-refractivity contribution in [3.63, 3.8) is 0 Å². The molecule has 4 aromatic rings. The van der Waals surface area contributed by atoms with Gasteiger partial charge in [-0.25, -0.2) is 0 Å². The second-order valence-corrected chi connectivity index (χ2v) is 10.9. The summed E-state index contributed by atoms with van der Waals surface area (Å²) in [7, 11) is 0. The maximum atomic E-state index is 13.6. The lowest BCUT2D eigenvalue weighted by Crippen LogP contribution is -2.48. The number of fused-ring (bicyclic) bond motifs is 1. The van der Waals surface area contributed by atoms with Crippen LogP contribution < -0.4 is 14.5 Å². The lowest BCUT2D eigenvalue weighted by atomic mass is 10.1. The number of amides is 2. The summed E-state index contributed by atoms with van der Waals surface area (Å²) in [6, 6.07) is 27.6. The van der Waals surface area contributed by atoms with E-state index in [2.05, 4.69) is 6.07 Å². The zero-order valence-corrected chi connectivity index (χ0v) is 24.1. The van der Waals surface area contributed by atoms with Gasteiger partial charge >= 0.3 is 6.18 Å². The number of benzene rings is 4. The number of alkyl halides is 3. The van der Waals surface area contributed by atoms with Crippen LogP contribution in [-0.4, -0.2) is 42.9 Å². The van der Waals surface area contributed by atoms with Crippen molar-refractivity contribution in [3.8, 4) is 5.75 Å². The number of hydrogen-bond acceptors (Lipinski definition) is 4. The van der Waals surface area contributed by atoms with E-state index < -0.39 is 11.7 Å². The van der Waals surface area contributed by atoms with E-state index in [0.29, 0.717) is 61.0 Å². The Morgan fingerprint density at radius 3 is 2.32 bits per heavy atom. The van der Waals surface area contributed by atoms with Crippen molar-refractivity contribution >= 4 is 29.3 Å². The van der Waals surface area contributed by atoms with Gasteiger partial charge in [0.2, 0.25) is 0 Å². The topological polar surface area (TPSA) is 53.1 Å². The zero-order chi connectivity index (χ0) is 30.8. The molecule has 0 aromatic heterocycles. The average Bonchev–Trinajstić information content (AvgIpc) is 3.03. The molecule has 0 N–H and O–H groups in total. The van der Waals surface area contributed by atoms with Gasteiger partial charge < -0.3 is 14.5 Å². The molecule has 2 aliphatic heterocycles. The first-order chi connectivity index (χ1) is 21.2. The van der Waals surface area contributed by atoms with Gasteiger partial charge in [0.15, 0.2) is 11.5 Å². The molecular weight excluding hydrogens is 567 g/mol. The van der Waals surface area contributed by atoms with Crippen molar-refractivity contribution < 1.29 is 27.5 Å². The Morgan fingerprint density at radius 1 is 0.864 bits per heavy atom. The van der Waals surface area contributed by atoms with Crippen molar-refractivity contribution in [2.24, 2.45) is 0 Å². The molecule has 0 unspecified atom stereocenters. The second-order valence-electron chi connectivity index (χ2n) is 10.9. The van der Waals surface area contributed by atoms with Crippen LogP contribution in [0.1, 0.15) is 32.6 Å². The highest BCUT2D eigenvalue weighted by molar-refractivity contribution is 6.09. The molecule has 4 aromatic carbocycles. The summed E-state index contributed by atoms with van der Waals surface area (Å²) in [5.74, 6) is 0.350. The van der Waals surface area contributed by atoms with Crippen LogP contribution in [-0.2, 0) is 17.5 Å². The monoisotopic (exact) mass is 597 g/mol. The number of anilines is 2. The third-order valence-electron chi connectivity index (χ3n) is 7.82. The summed E-state index contributed by atoms with van der Waals surface area (Å²) in [5, 5.41) is 0. The maximum Gasteiger partial charge on any atom is 0.416 e. The molecule has 2 amide bonds.